The Morgan fingerprint density at radius 2 is 1.54 bits per heavy atom. The molecule has 0 aromatic carbocycles. The predicted molar refractivity (Wildman–Crippen MR) is 190 cm³/mol. The number of rotatable bonds is 10. The van der Waals surface area contributed by atoms with E-state index in [4.69, 9.17) is 18.9 Å². The molecular formula is C40H60O14. The van der Waals surface area contributed by atoms with Crippen molar-refractivity contribution in [3.63, 3.8) is 0 Å². The van der Waals surface area contributed by atoms with Gasteiger partial charge in [-0.1, -0.05) is 32.4 Å². The van der Waals surface area contributed by atoms with Crippen LogP contribution in [0.25, 0.3) is 0 Å². The summed E-state index contributed by atoms with van der Waals surface area (Å²) in [5, 5.41) is 71.3. The molecule has 54 heavy (non-hydrogen) atoms. The lowest BCUT2D eigenvalue weighted by atomic mass is 9.44. The van der Waals surface area contributed by atoms with Gasteiger partial charge in [0.1, 0.15) is 54.6 Å². The van der Waals surface area contributed by atoms with Gasteiger partial charge in [-0.25, -0.2) is 4.79 Å². The summed E-state index contributed by atoms with van der Waals surface area (Å²) in [7, 11) is 0. The number of hydrogen-bond donors (Lipinski definition) is 7. The second kappa shape index (κ2) is 16.0. The Morgan fingerprint density at radius 1 is 0.889 bits per heavy atom. The van der Waals surface area contributed by atoms with Gasteiger partial charge in [0.25, 0.3) is 0 Å². The molecule has 7 N–H and O–H groups in total. The molecule has 14 heteroatoms. The monoisotopic (exact) mass is 764 g/mol. The molecule has 0 spiro atoms. The quantitative estimate of drug-likeness (QED) is 0.123. The van der Waals surface area contributed by atoms with Gasteiger partial charge in [0.15, 0.2) is 12.1 Å². The summed E-state index contributed by atoms with van der Waals surface area (Å²) >= 11 is 0. The Bertz CT molecular complexity index is 1490. The van der Waals surface area contributed by atoms with Gasteiger partial charge < -0.3 is 54.7 Å². The average Bonchev–Trinajstić information content (AvgIpc) is 3.42. The van der Waals surface area contributed by atoms with Crippen LogP contribution < -0.4 is 0 Å². The normalized spacial score (nSPS) is 46.1. The highest BCUT2D eigenvalue weighted by atomic mass is 16.7. The Labute approximate surface area is 316 Å². The fourth-order valence-corrected chi connectivity index (χ4v) is 11.2. The zero-order valence-electron chi connectivity index (χ0n) is 32.0. The molecule has 0 bridgehead atoms. The minimum absolute atomic E-state index is 0.00168. The first-order valence-corrected chi connectivity index (χ1v) is 19.7. The van der Waals surface area contributed by atoms with Crippen LogP contribution in [0.15, 0.2) is 22.8 Å². The Morgan fingerprint density at radius 3 is 2.22 bits per heavy atom. The van der Waals surface area contributed by atoms with Crippen LogP contribution in [-0.2, 0) is 33.3 Å². The molecular weight excluding hydrogens is 704 g/mol. The van der Waals surface area contributed by atoms with Crippen molar-refractivity contribution in [2.45, 2.75) is 154 Å². The summed E-state index contributed by atoms with van der Waals surface area (Å²) in [5.74, 6) is 0.915. The van der Waals surface area contributed by atoms with Crippen LogP contribution in [0.2, 0.25) is 0 Å². The molecule has 0 radical (unpaired) electrons. The van der Waals surface area contributed by atoms with E-state index >= 15 is 0 Å². The average molecular weight is 765 g/mol. The second-order valence-electron chi connectivity index (χ2n) is 17.4. The summed E-state index contributed by atoms with van der Waals surface area (Å²) in [5.41, 5.74) is 2.27. The molecule has 5 fully saturated rings. The fraction of sp³-hybridized carbons (Fsp3) is 0.825. The van der Waals surface area contributed by atoms with E-state index in [-0.39, 0.29) is 39.9 Å². The third kappa shape index (κ3) is 7.18. The number of carbonyl (C=O) groups is 3. The molecule has 0 unspecified atom stereocenters. The summed E-state index contributed by atoms with van der Waals surface area (Å²) in [6.07, 6.45) is -7.10. The van der Waals surface area contributed by atoms with E-state index in [2.05, 4.69) is 20.8 Å². The summed E-state index contributed by atoms with van der Waals surface area (Å²) < 4.78 is 21.8. The van der Waals surface area contributed by atoms with Crippen LogP contribution in [0.1, 0.15) is 92.4 Å². The first-order chi connectivity index (χ1) is 25.4. The highest BCUT2D eigenvalue weighted by Crippen LogP contribution is 2.70. The van der Waals surface area contributed by atoms with Crippen molar-refractivity contribution in [1.82, 2.24) is 0 Å². The van der Waals surface area contributed by atoms with E-state index < -0.39 is 80.6 Å². The van der Waals surface area contributed by atoms with Gasteiger partial charge >= 0.3 is 5.97 Å². The highest BCUT2D eigenvalue weighted by molar-refractivity contribution is 5.97. The molecule has 3 saturated carbocycles. The van der Waals surface area contributed by atoms with Crippen LogP contribution in [-0.4, -0.2) is 128 Å². The number of hydrogen-bond acceptors (Lipinski definition) is 14. The van der Waals surface area contributed by atoms with Crippen LogP contribution in [0.5, 0.6) is 0 Å². The summed E-state index contributed by atoms with van der Waals surface area (Å²) in [6, 6.07) is 0. The molecule has 2 aliphatic heterocycles. The minimum atomic E-state index is -1.79. The van der Waals surface area contributed by atoms with Crippen molar-refractivity contribution in [3.05, 3.63) is 22.8 Å². The molecule has 0 aromatic rings. The summed E-state index contributed by atoms with van der Waals surface area (Å²) in [6.45, 7) is 9.25. The molecule has 17 atom stereocenters. The maximum Gasteiger partial charge on any atom is 0.335 e. The molecule has 4 aliphatic carbocycles. The van der Waals surface area contributed by atoms with E-state index in [1.165, 1.54) is 5.57 Å². The minimum Gasteiger partial charge on any atom is -0.429 e. The molecule has 0 aromatic heterocycles. The van der Waals surface area contributed by atoms with E-state index in [1.807, 2.05) is 6.92 Å². The Kier molecular flexibility index (Phi) is 12.3. The lowest BCUT2D eigenvalue weighted by Crippen LogP contribution is -2.61. The number of ketones is 2. The molecule has 0 amide bonds. The molecule has 6 rings (SSSR count). The molecule has 304 valence electrons. The number of aliphatic hydroxyl groups excluding tert-OH is 7. The van der Waals surface area contributed by atoms with Crippen LogP contribution in [0.3, 0.4) is 0 Å². The lowest BCUT2D eigenvalue weighted by Gasteiger charge is -2.59. The van der Waals surface area contributed by atoms with E-state index in [9.17, 15) is 50.1 Å². The fourth-order valence-electron chi connectivity index (χ4n) is 11.2. The summed E-state index contributed by atoms with van der Waals surface area (Å²) in [4.78, 5) is 39.6. The number of ether oxygens (including phenoxy) is 4. The van der Waals surface area contributed by atoms with Gasteiger partial charge in [0, 0.05) is 24.3 Å². The molecule has 6 aliphatic rings. The van der Waals surface area contributed by atoms with Gasteiger partial charge in [-0.05, 0) is 98.9 Å². The standard InChI is InChI=1S/C40H60O14/c1-18(23-13-14-39(4)24-11-9-21-20(3)25(42)12-10-22(21)29(24)26(43)15-40(23,39)5)7-6-8-19(2)36(50)54-38-35(49)33(47)31(45)28(53-38)17-51-37-34(48)32(46)30(44)27(16-41)52-37/h8,18,22-24,27-35,37-38,41,44-49H,6-7,9-17H2,1-5H3/b19-8+/t18-,22-,23-,24-,27-,28-,29-,30-,31-,32+,33+,34-,35-,37-,38+,39+,40-/m1/s1. The third-order valence-corrected chi connectivity index (χ3v) is 14.7. The van der Waals surface area contributed by atoms with Gasteiger partial charge in [0.05, 0.1) is 13.2 Å². The van der Waals surface area contributed by atoms with Gasteiger partial charge in [0.2, 0.25) is 6.29 Å². The number of carbonyl (C=O) groups excluding carboxylic acids is 3. The van der Waals surface area contributed by atoms with Gasteiger partial charge in [-0.3, -0.25) is 9.59 Å². The Hall–Kier alpha value is -2.11. The SMILES string of the molecule is CC1=C2CC[C@@H]3[C@H](C(=O)C[C@]4(C)[C@@H]([C@H](C)CC/C=C(\C)C(=O)O[C@@H]5O[C@H](CO[C@@H]6O[C@H](CO)[C@@H](O)[C@H](O)[C@H]6O)[C@@H](O)[C@H](O)[C@H]5O)CC[C@@]34C)[C@@H]2CCC1=O. The molecule has 14 nitrogen and oxygen atoms in total. The topological polar surface area (TPSA) is 230 Å². The number of aliphatic hydroxyl groups is 7. The smallest absolute Gasteiger partial charge is 0.335 e. The third-order valence-electron chi connectivity index (χ3n) is 14.7. The number of Topliss-reactive ketones (excluding diaryl/α,β-unsaturated/α-hetero) is 2. The van der Waals surface area contributed by atoms with Crippen molar-refractivity contribution in [3.8, 4) is 0 Å². The second-order valence-corrected chi connectivity index (χ2v) is 17.4. The van der Waals surface area contributed by atoms with Crippen LogP contribution in [0.4, 0.5) is 0 Å². The highest BCUT2D eigenvalue weighted by Gasteiger charge is 2.66. The lowest BCUT2D eigenvalue weighted by molar-refractivity contribution is -0.326. The van der Waals surface area contributed by atoms with E-state index in [0.717, 1.165) is 44.1 Å². The van der Waals surface area contributed by atoms with Crippen molar-refractivity contribution in [2.24, 2.45) is 40.4 Å². The number of allylic oxidation sites excluding steroid dienone is 2. The number of fused-ring (bicyclic) bond motifs is 5. The van der Waals surface area contributed by atoms with Crippen molar-refractivity contribution < 1.29 is 69.1 Å². The predicted octanol–water partition coefficient (Wildman–Crippen LogP) is 1.23. The van der Waals surface area contributed by atoms with Crippen molar-refractivity contribution >= 4 is 17.5 Å². The maximum atomic E-state index is 14.0. The Balaban J connectivity index is 1.03. The van der Waals surface area contributed by atoms with E-state index in [0.29, 0.717) is 36.9 Å². The van der Waals surface area contributed by atoms with Crippen molar-refractivity contribution in [1.29, 1.82) is 0 Å². The van der Waals surface area contributed by atoms with Crippen LogP contribution >= 0.6 is 0 Å². The van der Waals surface area contributed by atoms with Gasteiger partial charge in [-0.15, -0.1) is 0 Å². The zero-order chi connectivity index (χ0) is 39.4. The van der Waals surface area contributed by atoms with Crippen molar-refractivity contribution in [2.75, 3.05) is 13.2 Å². The molecule has 2 saturated heterocycles. The zero-order valence-corrected chi connectivity index (χ0v) is 32.0. The number of esters is 1. The van der Waals surface area contributed by atoms with Crippen LogP contribution in [0, 0.1) is 40.4 Å². The largest absolute Gasteiger partial charge is 0.429 e. The van der Waals surface area contributed by atoms with Gasteiger partial charge in [-0.2, -0.15) is 0 Å². The maximum absolute atomic E-state index is 14.0. The first-order valence-electron chi connectivity index (χ1n) is 19.7. The molecule has 2 heterocycles. The van der Waals surface area contributed by atoms with E-state index in [1.54, 1.807) is 13.0 Å². The first kappa shape index (κ1) is 41.5.